The number of nitrogens with zero attached hydrogens (tertiary/aromatic N) is 1. The first-order valence-corrected chi connectivity index (χ1v) is 7.09. The Morgan fingerprint density at radius 1 is 1.39 bits per heavy atom. The molecule has 0 aromatic carbocycles. The maximum atomic E-state index is 12.8. The van der Waals surface area contributed by atoms with Gasteiger partial charge in [-0.05, 0) is 53.9 Å². The van der Waals surface area contributed by atoms with Crippen molar-refractivity contribution in [2.24, 2.45) is 0 Å². The van der Waals surface area contributed by atoms with Crippen LogP contribution in [-0.4, -0.2) is 11.5 Å². The molecule has 1 unspecified atom stereocenters. The fourth-order valence-electron chi connectivity index (χ4n) is 1.88. The molecule has 0 saturated carbocycles. The van der Waals surface area contributed by atoms with Gasteiger partial charge in [0.05, 0.1) is 11.9 Å². The van der Waals surface area contributed by atoms with Gasteiger partial charge in [-0.2, -0.15) is 11.3 Å². The number of thiophene rings is 1. The fourth-order valence-corrected chi connectivity index (χ4v) is 2.58. The zero-order chi connectivity index (χ0) is 12.8. The Hall–Kier alpha value is -1.26. The van der Waals surface area contributed by atoms with Crippen LogP contribution in [0, 0.1) is 5.82 Å². The van der Waals surface area contributed by atoms with Gasteiger partial charge in [0.25, 0.3) is 0 Å². The van der Waals surface area contributed by atoms with E-state index in [0.717, 1.165) is 25.1 Å². The van der Waals surface area contributed by atoms with Gasteiger partial charge >= 0.3 is 0 Å². The van der Waals surface area contributed by atoms with E-state index in [0.29, 0.717) is 0 Å². The third-order valence-corrected chi connectivity index (χ3v) is 3.63. The minimum Gasteiger partial charge on any atom is -0.308 e. The summed E-state index contributed by atoms with van der Waals surface area (Å²) in [7, 11) is 0. The number of halogens is 1. The van der Waals surface area contributed by atoms with E-state index < -0.39 is 0 Å². The summed E-state index contributed by atoms with van der Waals surface area (Å²) in [6.45, 7) is 3.02. The van der Waals surface area contributed by atoms with Gasteiger partial charge < -0.3 is 5.32 Å². The van der Waals surface area contributed by atoms with Crippen LogP contribution in [0.5, 0.6) is 0 Å². The van der Waals surface area contributed by atoms with Crippen LogP contribution >= 0.6 is 11.3 Å². The second-order valence-corrected chi connectivity index (χ2v) is 4.98. The molecule has 2 aromatic heterocycles. The number of hydrogen-bond acceptors (Lipinski definition) is 3. The topological polar surface area (TPSA) is 24.9 Å². The van der Waals surface area contributed by atoms with Crippen molar-refractivity contribution >= 4 is 11.3 Å². The minimum atomic E-state index is -0.285. The lowest BCUT2D eigenvalue weighted by molar-refractivity contribution is 0.508. The lowest BCUT2D eigenvalue weighted by Crippen LogP contribution is -2.24. The molecule has 2 aromatic rings. The molecule has 2 rings (SSSR count). The van der Waals surface area contributed by atoms with Gasteiger partial charge in [-0.25, -0.2) is 4.39 Å². The number of pyridine rings is 1. The lowest BCUT2D eigenvalue weighted by atomic mass is 10.1. The largest absolute Gasteiger partial charge is 0.308 e. The Bertz CT molecular complexity index is 453. The first-order chi connectivity index (χ1) is 8.79. The molecule has 2 nitrogen and oxygen atoms in total. The third kappa shape index (κ3) is 3.62. The van der Waals surface area contributed by atoms with E-state index in [1.54, 1.807) is 17.4 Å². The summed E-state index contributed by atoms with van der Waals surface area (Å²) in [6.07, 6.45) is 3.24. The molecule has 0 fully saturated rings. The molecule has 2 heterocycles. The zero-order valence-corrected chi connectivity index (χ0v) is 11.2. The van der Waals surface area contributed by atoms with Crippen LogP contribution in [0.3, 0.4) is 0 Å². The summed E-state index contributed by atoms with van der Waals surface area (Å²) in [5.74, 6) is -0.285. The Labute approximate surface area is 111 Å². The highest BCUT2D eigenvalue weighted by Gasteiger charge is 2.09. The third-order valence-electron chi connectivity index (χ3n) is 2.90. The van der Waals surface area contributed by atoms with Crippen LogP contribution in [-0.2, 0) is 6.42 Å². The van der Waals surface area contributed by atoms with Crippen molar-refractivity contribution in [2.75, 3.05) is 6.54 Å². The molecule has 0 amide bonds. The standard InChI is InChI=1S/C14H17FN2S/c1-2-13(14-4-3-12(15)9-17-14)16-7-5-11-6-8-18-10-11/h3-4,6,8-10,13,16H,2,5,7H2,1H3. The summed E-state index contributed by atoms with van der Waals surface area (Å²) < 4.78 is 12.8. The van der Waals surface area contributed by atoms with Crippen molar-refractivity contribution in [1.29, 1.82) is 0 Å². The van der Waals surface area contributed by atoms with Crippen LogP contribution in [0.1, 0.15) is 30.6 Å². The highest BCUT2D eigenvalue weighted by Crippen LogP contribution is 2.14. The first-order valence-electron chi connectivity index (χ1n) is 6.15. The summed E-state index contributed by atoms with van der Waals surface area (Å²) in [6, 6.07) is 5.56. The SMILES string of the molecule is CCC(NCCc1ccsc1)c1ccc(F)cn1. The maximum absolute atomic E-state index is 12.8. The van der Waals surface area contributed by atoms with E-state index in [2.05, 4.69) is 34.1 Å². The number of aromatic nitrogens is 1. The van der Waals surface area contributed by atoms with Gasteiger partial charge in [0.1, 0.15) is 5.82 Å². The zero-order valence-electron chi connectivity index (χ0n) is 10.4. The number of hydrogen-bond donors (Lipinski definition) is 1. The average molecular weight is 264 g/mol. The molecule has 0 aliphatic rings. The number of nitrogens with one attached hydrogen (secondary N) is 1. The Kier molecular flexibility index (Phi) is 4.84. The molecule has 0 bridgehead atoms. The van der Waals surface area contributed by atoms with E-state index in [1.165, 1.54) is 17.8 Å². The Balaban J connectivity index is 1.87. The second kappa shape index (κ2) is 6.61. The van der Waals surface area contributed by atoms with Gasteiger partial charge in [0.15, 0.2) is 0 Å². The summed E-state index contributed by atoms with van der Waals surface area (Å²) in [5.41, 5.74) is 2.26. The number of rotatable bonds is 6. The maximum Gasteiger partial charge on any atom is 0.141 e. The fraction of sp³-hybridized carbons (Fsp3) is 0.357. The monoisotopic (exact) mass is 264 g/mol. The van der Waals surface area contributed by atoms with E-state index in [4.69, 9.17) is 0 Å². The molecule has 1 atom stereocenters. The van der Waals surface area contributed by atoms with Crippen LogP contribution in [0.4, 0.5) is 4.39 Å². The molecule has 18 heavy (non-hydrogen) atoms. The first kappa shape index (κ1) is 13.2. The second-order valence-electron chi connectivity index (χ2n) is 4.20. The normalized spacial score (nSPS) is 12.6. The highest BCUT2D eigenvalue weighted by atomic mass is 32.1. The van der Waals surface area contributed by atoms with Gasteiger partial charge in [-0.1, -0.05) is 6.92 Å². The van der Waals surface area contributed by atoms with Crippen molar-refractivity contribution < 1.29 is 4.39 Å². The molecular weight excluding hydrogens is 247 g/mol. The highest BCUT2D eigenvalue weighted by molar-refractivity contribution is 7.07. The van der Waals surface area contributed by atoms with E-state index in [1.807, 2.05) is 0 Å². The van der Waals surface area contributed by atoms with E-state index in [9.17, 15) is 4.39 Å². The predicted octanol–water partition coefficient (Wildman–Crippen LogP) is 3.57. The van der Waals surface area contributed by atoms with E-state index >= 15 is 0 Å². The van der Waals surface area contributed by atoms with Gasteiger partial charge in [-0.15, -0.1) is 0 Å². The van der Waals surface area contributed by atoms with Crippen LogP contribution in [0.25, 0.3) is 0 Å². The molecule has 0 saturated heterocycles. The Morgan fingerprint density at radius 2 is 2.28 bits per heavy atom. The molecule has 0 aliphatic carbocycles. The molecular formula is C14H17FN2S. The van der Waals surface area contributed by atoms with Crippen molar-refractivity contribution in [2.45, 2.75) is 25.8 Å². The molecule has 96 valence electrons. The molecule has 1 N–H and O–H groups in total. The molecule has 0 aliphatic heterocycles. The average Bonchev–Trinajstić information content (AvgIpc) is 2.89. The summed E-state index contributed by atoms with van der Waals surface area (Å²) >= 11 is 1.72. The quantitative estimate of drug-likeness (QED) is 0.863. The van der Waals surface area contributed by atoms with Crippen LogP contribution in [0.2, 0.25) is 0 Å². The van der Waals surface area contributed by atoms with Crippen LogP contribution in [0.15, 0.2) is 35.2 Å². The summed E-state index contributed by atoms with van der Waals surface area (Å²) in [4.78, 5) is 4.13. The predicted molar refractivity (Wildman–Crippen MR) is 73.3 cm³/mol. The van der Waals surface area contributed by atoms with Gasteiger partial charge in [0, 0.05) is 6.04 Å². The minimum absolute atomic E-state index is 0.198. The molecule has 4 heteroatoms. The van der Waals surface area contributed by atoms with Crippen molar-refractivity contribution in [3.63, 3.8) is 0 Å². The lowest BCUT2D eigenvalue weighted by Gasteiger charge is -2.16. The van der Waals surface area contributed by atoms with Gasteiger partial charge in [0.2, 0.25) is 0 Å². The van der Waals surface area contributed by atoms with Crippen molar-refractivity contribution in [3.8, 4) is 0 Å². The summed E-state index contributed by atoms with van der Waals surface area (Å²) in [5, 5.41) is 7.72. The van der Waals surface area contributed by atoms with Crippen molar-refractivity contribution in [3.05, 3.63) is 52.2 Å². The smallest absolute Gasteiger partial charge is 0.141 e. The Morgan fingerprint density at radius 3 is 2.89 bits per heavy atom. The molecule has 0 spiro atoms. The van der Waals surface area contributed by atoms with E-state index in [-0.39, 0.29) is 11.9 Å². The molecule has 0 radical (unpaired) electrons. The van der Waals surface area contributed by atoms with Crippen molar-refractivity contribution in [1.82, 2.24) is 10.3 Å². The van der Waals surface area contributed by atoms with Gasteiger partial charge in [-0.3, -0.25) is 4.98 Å². The van der Waals surface area contributed by atoms with Crippen LogP contribution < -0.4 is 5.32 Å².